The topological polar surface area (TPSA) is 63.2 Å². The molecule has 0 unspecified atom stereocenters. The highest BCUT2D eigenvalue weighted by Gasteiger charge is 2.14. The number of amides is 1. The zero-order chi connectivity index (χ0) is 21.4. The van der Waals surface area contributed by atoms with E-state index in [0.717, 1.165) is 11.3 Å². The van der Waals surface area contributed by atoms with Crippen molar-refractivity contribution in [3.8, 4) is 0 Å². The van der Waals surface area contributed by atoms with Crippen molar-refractivity contribution in [3.63, 3.8) is 0 Å². The zero-order valence-electron chi connectivity index (χ0n) is 16.8. The van der Waals surface area contributed by atoms with Crippen molar-refractivity contribution in [2.45, 2.75) is 22.1 Å². The van der Waals surface area contributed by atoms with Crippen LogP contribution in [0.2, 0.25) is 0 Å². The maximum absolute atomic E-state index is 12.3. The van der Waals surface area contributed by atoms with Gasteiger partial charge in [0.05, 0.1) is 10.6 Å². The van der Waals surface area contributed by atoms with Gasteiger partial charge < -0.3 is 5.32 Å². The van der Waals surface area contributed by atoms with Gasteiger partial charge in [-0.05, 0) is 41.8 Å². The molecule has 0 saturated heterocycles. The molecule has 6 heteroatoms. The Hall–Kier alpha value is -2.57. The van der Waals surface area contributed by atoms with Gasteiger partial charge in [-0.1, -0.05) is 60.7 Å². The fraction of sp³-hybridized carbons (Fsp3) is 0.208. The number of thioether (sulfide) groups is 1. The third kappa shape index (κ3) is 6.47. The molecule has 0 fully saturated rings. The molecule has 3 aromatic carbocycles. The molecule has 3 aromatic rings. The van der Waals surface area contributed by atoms with E-state index in [1.54, 1.807) is 24.3 Å². The molecular weight excluding hydrogens is 414 g/mol. The summed E-state index contributed by atoms with van der Waals surface area (Å²) in [5.41, 5.74) is 2.47. The summed E-state index contributed by atoms with van der Waals surface area (Å²) in [4.78, 5) is 13.4. The highest BCUT2D eigenvalue weighted by Crippen LogP contribution is 2.27. The van der Waals surface area contributed by atoms with Gasteiger partial charge in [-0.3, -0.25) is 4.79 Å². The summed E-state index contributed by atoms with van der Waals surface area (Å²) in [7, 11) is -3.21. The minimum Gasteiger partial charge on any atom is -0.355 e. The first-order valence-electron chi connectivity index (χ1n) is 9.73. The molecule has 30 heavy (non-hydrogen) atoms. The third-order valence-corrected chi connectivity index (χ3v) is 6.92. The molecule has 156 valence electrons. The zero-order valence-corrected chi connectivity index (χ0v) is 18.5. The van der Waals surface area contributed by atoms with Crippen molar-refractivity contribution in [2.75, 3.05) is 18.6 Å². The summed E-state index contributed by atoms with van der Waals surface area (Å²) in [5, 5.41) is 3.00. The van der Waals surface area contributed by atoms with Crippen molar-refractivity contribution in [1.29, 1.82) is 0 Å². The quantitative estimate of drug-likeness (QED) is 0.498. The second kappa shape index (κ2) is 10.5. The van der Waals surface area contributed by atoms with E-state index < -0.39 is 9.84 Å². The average Bonchev–Trinajstić information content (AvgIpc) is 2.76. The van der Waals surface area contributed by atoms with Gasteiger partial charge in [0.2, 0.25) is 5.91 Å². The number of sulfone groups is 1. The van der Waals surface area contributed by atoms with E-state index in [4.69, 9.17) is 0 Å². The average molecular weight is 440 g/mol. The highest BCUT2D eigenvalue weighted by molar-refractivity contribution is 8.00. The normalized spacial score (nSPS) is 11.4. The van der Waals surface area contributed by atoms with Gasteiger partial charge in [0.15, 0.2) is 9.84 Å². The Morgan fingerprint density at radius 2 is 1.40 bits per heavy atom. The number of hydrogen-bond acceptors (Lipinski definition) is 4. The summed E-state index contributed by atoms with van der Waals surface area (Å²) >= 11 is 1.39. The van der Waals surface area contributed by atoms with Gasteiger partial charge in [0.25, 0.3) is 0 Å². The lowest BCUT2D eigenvalue weighted by molar-refractivity contribution is -0.118. The second-order valence-electron chi connectivity index (χ2n) is 7.04. The van der Waals surface area contributed by atoms with Crippen LogP contribution in [0.3, 0.4) is 0 Å². The first kappa shape index (κ1) is 22.1. The van der Waals surface area contributed by atoms with Crippen molar-refractivity contribution in [1.82, 2.24) is 5.32 Å². The van der Waals surface area contributed by atoms with E-state index in [-0.39, 0.29) is 16.7 Å². The van der Waals surface area contributed by atoms with E-state index in [9.17, 15) is 13.2 Å². The van der Waals surface area contributed by atoms with E-state index in [0.29, 0.717) is 12.3 Å². The lowest BCUT2D eigenvalue weighted by atomic mass is 9.88. The van der Waals surface area contributed by atoms with E-state index in [2.05, 4.69) is 29.6 Å². The Kier molecular flexibility index (Phi) is 7.71. The van der Waals surface area contributed by atoms with Crippen LogP contribution in [0.4, 0.5) is 0 Å². The molecule has 0 aliphatic heterocycles. The molecule has 4 nitrogen and oxygen atoms in total. The van der Waals surface area contributed by atoms with E-state index >= 15 is 0 Å². The minimum absolute atomic E-state index is 0.0351. The van der Waals surface area contributed by atoms with Crippen LogP contribution in [0.15, 0.2) is 94.7 Å². The molecule has 0 aromatic heterocycles. The standard InChI is InChI=1S/C24H25NO3S2/c1-30(27,28)22-14-12-21(13-15-22)29-18-24(26)25-17-16-23(19-8-4-2-5-9-19)20-10-6-3-7-11-20/h2-15,23H,16-18H2,1H3,(H,25,26). The van der Waals surface area contributed by atoms with Crippen LogP contribution >= 0.6 is 11.8 Å². The second-order valence-corrected chi connectivity index (χ2v) is 10.1. The van der Waals surface area contributed by atoms with Crippen LogP contribution in [-0.4, -0.2) is 32.9 Å². The maximum Gasteiger partial charge on any atom is 0.230 e. The molecule has 1 amide bonds. The van der Waals surface area contributed by atoms with Crippen molar-refractivity contribution in [2.24, 2.45) is 0 Å². The number of carbonyl (C=O) groups excluding carboxylic acids is 1. The van der Waals surface area contributed by atoms with E-state index in [1.165, 1.54) is 29.1 Å². The summed E-state index contributed by atoms with van der Waals surface area (Å²) in [6.45, 7) is 0.584. The minimum atomic E-state index is -3.21. The molecule has 1 N–H and O–H groups in total. The van der Waals surface area contributed by atoms with Crippen molar-refractivity contribution < 1.29 is 13.2 Å². The van der Waals surface area contributed by atoms with Crippen LogP contribution in [0, 0.1) is 0 Å². The lowest BCUT2D eigenvalue weighted by Gasteiger charge is -2.18. The Balaban J connectivity index is 1.52. The number of benzene rings is 3. The van der Waals surface area contributed by atoms with Crippen LogP contribution in [0.1, 0.15) is 23.5 Å². The molecule has 0 saturated carbocycles. The van der Waals surface area contributed by atoms with Gasteiger partial charge in [0.1, 0.15) is 0 Å². The molecule has 0 aliphatic rings. The largest absolute Gasteiger partial charge is 0.355 e. The van der Waals surface area contributed by atoms with Gasteiger partial charge in [0, 0.05) is 23.6 Å². The molecular formula is C24H25NO3S2. The smallest absolute Gasteiger partial charge is 0.230 e. The molecule has 0 aliphatic carbocycles. The van der Waals surface area contributed by atoms with Gasteiger partial charge in [-0.2, -0.15) is 0 Å². The van der Waals surface area contributed by atoms with E-state index in [1.807, 2.05) is 36.4 Å². The Labute approximate surface area is 182 Å². The summed E-state index contributed by atoms with van der Waals surface area (Å²) < 4.78 is 23.0. The SMILES string of the molecule is CS(=O)(=O)c1ccc(SCC(=O)NCCC(c2ccccc2)c2ccccc2)cc1. The summed E-state index contributed by atoms with van der Waals surface area (Å²) in [6, 6.07) is 27.2. The summed E-state index contributed by atoms with van der Waals surface area (Å²) in [5.74, 6) is 0.482. The predicted molar refractivity (Wildman–Crippen MR) is 123 cm³/mol. The molecule has 0 spiro atoms. The highest BCUT2D eigenvalue weighted by atomic mass is 32.2. The molecule has 0 heterocycles. The van der Waals surface area contributed by atoms with Crippen molar-refractivity contribution >= 4 is 27.5 Å². The number of carbonyl (C=O) groups is 1. The monoisotopic (exact) mass is 439 g/mol. The first-order valence-corrected chi connectivity index (χ1v) is 12.6. The maximum atomic E-state index is 12.3. The molecule has 0 radical (unpaired) electrons. The number of rotatable bonds is 9. The Morgan fingerprint density at radius 3 is 1.90 bits per heavy atom. The predicted octanol–water partition coefficient (Wildman–Crippen LogP) is 4.52. The van der Waals surface area contributed by atoms with Gasteiger partial charge in [-0.15, -0.1) is 11.8 Å². The van der Waals surface area contributed by atoms with Gasteiger partial charge in [-0.25, -0.2) is 8.42 Å². The third-order valence-electron chi connectivity index (χ3n) is 4.78. The fourth-order valence-corrected chi connectivity index (χ4v) is 4.59. The number of hydrogen-bond donors (Lipinski definition) is 1. The number of nitrogens with one attached hydrogen (secondary N) is 1. The molecule has 0 bridgehead atoms. The Bertz CT molecular complexity index is 1010. The Morgan fingerprint density at radius 1 is 0.867 bits per heavy atom. The van der Waals surface area contributed by atoms with Gasteiger partial charge >= 0.3 is 0 Å². The van der Waals surface area contributed by atoms with Crippen LogP contribution < -0.4 is 5.32 Å². The van der Waals surface area contributed by atoms with Crippen LogP contribution in [-0.2, 0) is 14.6 Å². The van der Waals surface area contributed by atoms with Crippen LogP contribution in [0.5, 0.6) is 0 Å². The molecule has 0 atom stereocenters. The fourth-order valence-electron chi connectivity index (χ4n) is 3.24. The first-order chi connectivity index (χ1) is 14.4. The van der Waals surface area contributed by atoms with Crippen LogP contribution in [0.25, 0.3) is 0 Å². The molecule has 3 rings (SSSR count). The summed E-state index contributed by atoms with van der Waals surface area (Å²) in [6.07, 6.45) is 1.99. The van der Waals surface area contributed by atoms with Crippen molar-refractivity contribution in [3.05, 3.63) is 96.1 Å². The lowest BCUT2D eigenvalue weighted by Crippen LogP contribution is -2.27.